The maximum Gasteiger partial charge on any atom is 0.496 e. The van der Waals surface area contributed by atoms with E-state index in [4.69, 9.17) is 14.3 Å². The molecule has 1 aliphatic rings. The fourth-order valence-electron chi connectivity index (χ4n) is 16.4. The molecule has 0 spiro atoms. The summed E-state index contributed by atoms with van der Waals surface area (Å²) in [5, 5.41) is 17.1. The first kappa shape index (κ1) is 66.2. The average Bonchev–Trinajstić information content (AvgIpc) is 1.24. The Bertz CT molecular complexity index is 6720. The molecule has 1 aliphatic heterocycles. The van der Waals surface area contributed by atoms with Crippen LogP contribution in [0.5, 0.6) is 0 Å². The van der Waals surface area contributed by atoms with Crippen LogP contribution < -0.4 is 5.46 Å². The summed E-state index contributed by atoms with van der Waals surface area (Å²) < 4.78 is 18.9. The Morgan fingerprint density at radius 1 is 0.269 bits per heavy atom. The summed E-state index contributed by atoms with van der Waals surface area (Å²) in [7, 11) is -0.442. The molecule has 0 saturated carbocycles. The lowest BCUT2D eigenvalue weighted by Gasteiger charge is -2.32. The predicted octanol–water partition coefficient (Wildman–Crippen LogP) is 26.4. The number of halogens is 1. The number of nitrogens with zero attached hydrogens (tertiary/aromatic N) is 4. The number of fused-ring (bicyclic) bond motifs is 12. The van der Waals surface area contributed by atoms with E-state index in [1.807, 2.05) is 30.6 Å². The lowest BCUT2D eigenvalue weighted by molar-refractivity contribution is 0.00578. The third-order valence-electron chi connectivity index (χ3n) is 22.2. The molecule has 0 radical (unpaired) electrons. The zero-order valence-corrected chi connectivity index (χ0v) is 61.8. The highest BCUT2D eigenvalue weighted by Crippen LogP contribution is 2.47. The molecule has 6 nitrogen and oxygen atoms in total. The van der Waals surface area contributed by atoms with Crippen LogP contribution >= 0.6 is 15.9 Å². The van der Waals surface area contributed by atoms with Gasteiger partial charge in [-0.15, -0.1) is 0 Å². The van der Waals surface area contributed by atoms with Crippen molar-refractivity contribution in [1.29, 1.82) is 0 Å². The third kappa shape index (κ3) is 11.6. The number of rotatable bonds is 8. The highest BCUT2D eigenvalue weighted by Gasteiger charge is 2.52. The van der Waals surface area contributed by atoms with Crippen LogP contribution in [0.2, 0.25) is 0 Å². The Morgan fingerprint density at radius 3 is 1.03 bits per heavy atom. The summed E-state index contributed by atoms with van der Waals surface area (Å²) in [6, 6.07) is 126. The minimum atomic E-state index is -0.442. The largest absolute Gasteiger partial charge is 0.496 e. The minimum absolute atomic E-state index is 0.410. The lowest BCUT2D eigenvalue weighted by Crippen LogP contribution is -2.41. The average molecular weight is 1450 g/mol. The zero-order valence-electron chi connectivity index (χ0n) is 60.2. The minimum Gasteiger partial charge on any atom is -0.399 e. The quantitative estimate of drug-likeness (QED) is 0.112. The number of benzene rings is 16. The topological polar surface area (TPSA) is 54.1 Å². The number of para-hydroxylation sites is 2. The Hall–Kier alpha value is -12.6. The Balaban J connectivity index is 0.000000119. The second-order valence-electron chi connectivity index (χ2n) is 29.1. The molecule has 4 aromatic heterocycles. The van der Waals surface area contributed by atoms with Crippen LogP contribution in [0.3, 0.4) is 0 Å². The van der Waals surface area contributed by atoms with Crippen LogP contribution in [0.25, 0.3) is 176 Å². The molecule has 1 fully saturated rings. The molecule has 8 heteroatoms. The van der Waals surface area contributed by atoms with Crippen molar-refractivity contribution in [2.45, 2.75) is 38.9 Å². The van der Waals surface area contributed by atoms with Crippen molar-refractivity contribution in [2.24, 2.45) is 0 Å². The fourth-order valence-corrected chi connectivity index (χ4v) is 16.8. The zero-order chi connectivity index (χ0) is 72.6. The van der Waals surface area contributed by atoms with Gasteiger partial charge in [0.05, 0.1) is 44.3 Å². The van der Waals surface area contributed by atoms with Crippen molar-refractivity contribution >= 4 is 137 Å². The molecular formula is C100H72BBrN4O2. The summed E-state index contributed by atoms with van der Waals surface area (Å²) in [6.45, 7) is 8.46. The summed E-state index contributed by atoms with van der Waals surface area (Å²) in [5.41, 5.74) is 21.4. The number of aromatic nitrogens is 4. The Labute approximate surface area is 635 Å². The van der Waals surface area contributed by atoms with Crippen LogP contribution in [0.4, 0.5) is 0 Å². The first-order valence-corrected chi connectivity index (χ1v) is 37.7. The van der Waals surface area contributed by atoms with Gasteiger partial charge in [0, 0.05) is 39.0 Å². The van der Waals surface area contributed by atoms with Gasteiger partial charge in [-0.25, -0.2) is 0 Å². The van der Waals surface area contributed by atoms with Gasteiger partial charge >= 0.3 is 7.12 Å². The van der Waals surface area contributed by atoms with Gasteiger partial charge in [0.1, 0.15) is 0 Å². The van der Waals surface area contributed by atoms with Gasteiger partial charge in [-0.05, 0) is 244 Å². The summed E-state index contributed by atoms with van der Waals surface area (Å²) >= 11 is 3.55. The first-order valence-electron chi connectivity index (χ1n) is 37.0. The molecule has 0 aliphatic carbocycles. The molecule has 0 amide bonds. The van der Waals surface area contributed by atoms with E-state index in [1.165, 1.54) is 131 Å². The number of hydrogen-bond donors (Lipinski definition) is 0. The molecule has 20 aromatic rings. The van der Waals surface area contributed by atoms with E-state index >= 15 is 0 Å². The fraction of sp³-hybridized carbons (Fsp3) is 0.0600. The molecule has 16 aromatic carbocycles. The van der Waals surface area contributed by atoms with Crippen LogP contribution in [-0.4, -0.2) is 37.4 Å². The van der Waals surface area contributed by atoms with Crippen molar-refractivity contribution in [3.63, 3.8) is 0 Å². The van der Waals surface area contributed by atoms with Crippen molar-refractivity contribution < 1.29 is 9.31 Å². The van der Waals surface area contributed by atoms with Gasteiger partial charge in [-0.2, -0.15) is 0 Å². The van der Waals surface area contributed by atoms with E-state index in [1.54, 1.807) is 0 Å². The van der Waals surface area contributed by atoms with E-state index in [9.17, 15) is 0 Å². The Kier molecular flexibility index (Phi) is 16.6. The van der Waals surface area contributed by atoms with Gasteiger partial charge in [-0.3, -0.25) is 9.97 Å². The predicted molar refractivity (Wildman–Crippen MR) is 459 cm³/mol. The van der Waals surface area contributed by atoms with Crippen molar-refractivity contribution in [3.8, 4) is 67.0 Å². The lowest BCUT2D eigenvalue weighted by atomic mass is 9.71. The molecule has 0 N–H and O–H groups in total. The monoisotopic (exact) mass is 1450 g/mol. The van der Waals surface area contributed by atoms with Crippen molar-refractivity contribution in [3.05, 3.63) is 369 Å². The van der Waals surface area contributed by atoms with Crippen LogP contribution in [0.1, 0.15) is 27.7 Å². The molecule has 1 saturated heterocycles. The van der Waals surface area contributed by atoms with Gasteiger partial charge in [0.15, 0.2) is 0 Å². The normalized spacial score (nSPS) is 13.3. The van der Waals surface area contributed by atoms with Crippen LogP contribution in [0, 0.1) is 0 Å². The van der Waals surface area contributed by atoms with E-state index in [2.05, 4.69) is 391 Å². The Morgan fingerprint density at radius 2 is 0.593 bits per heavy atom. The third-order valence-corrected chi connectivity index (χ3v) is 22.7. The molecule has 21 rings (SSSR count). The van der Waals surface area contributed by atoms with E-state index in [0.29, 0.717) is 0 Å². The van der Waals surface area contributed by atoms with Gasteiger partial charge in [-0.1, -0.05) is 277 Å². The number of hydrogen-bond acceptors (Lipinski definition) is 4. The van der Waals surface area contributed by atoms with Gasteiger partial charge in [0.2, 0.25) is 0 Å². The van der Waals surface area contributed by atoms with Crippen molar-refractivity contribution in [2.75, 3.05) is 0 Å². The molecule has 514 valence electrons. The maximum absolute atomic E-state index is 6.60. The molecule has 108 heavy (non-hydrogen) atoms. The van der Waals surface area contributed by atoms with E-state index in [0.717, 1.165) is 54.3 Å². The SMILES string of the molecule is Brc1cccc(-n2c3ccccc3c3ncccc32)c1.CC1(C)OB(c2c3ccccc3c(-c3cccc(-c4ccc5ccccc5c4)c3)c3ccccc23)OC1(C)C.c1cc(-c2ccc3ccccc3c2)cc(-c2c3ccccc3c(-c3cccc(-n4c5ccccc5c5ncccc54)c3)c3ccccc23)c1. The molecule has 0 unspecified atom stereocenters. The maximum atomic E-state index is 6.60. The second kappa shape index (κ2) is 27.1. The van der Waals surface area contributed by atoms with Crippen LogP contribution in [-0.2, 0) is 9.31 Å². The highest BCUT2D eigenvalue weighted by molar-refractivity contribution is 9.10. The second-order valence-corrected chi connectivity index (χ2v) is 30.0. The number of pyridine rings is 2. The van der Waals surface area contributed by atoms with E-state index in [-0.39, 0.29) is 0 Å². The summed E-state index contributed by atoms with van der Waals surface area (Å²) in [6.07, 6.45) is 3.73. The molecular weight excluding hydrogens is 1380 g/mol. The first-order chi connectivity index (χ1) is 53.0. The summed E-state index contributed by atoms with van der Waals surface area (Å²) in [4.78, 5) is 9.32. The van der Waals surface area contributed by atoms with Crippen molar-refractivity contribution in [1.82, 2.24) is 19.1 Å². The van der Waals surface area contributed by atoms with E-state index < -0.39 is 18.3 Å². The smallest absolute Gasteiger partial charge is 0.399 e. The molecule has 0 bridgehead atoms. The highest BCUT2D eigenvalue weighted by atomic mass is 79.9. The van der Waals surface area contributed by atoms with Gasteiger partial charge in [0.25, 0.3) is 0 Å². The molecule has 0 atom stereocenters. The summed E-state index contributed by atoms with van der Waals surface area (Å²) in [5.74, 6) is 0. The van der Waals surface area contributed by atoms with Crippen LogP contribution in [0.15, 0.2) is 369 Å². The standard InChI is InChI=1S/C47H30N2.C36H31BO2.C17H11BrN2/c1-2-13-32-28-34(26-25-31(32)12-1)33-14-9-15-35(29-33)45-38-18-3-5-20-40(38)46(41-21-6-4-19-39(41)45)36-16-10-17-37(30-36)49-43-23-8-7-22-42(43)47-44(49)24-11-27-48-47;1-35(2)36(3,4)39-37(38-35)34-31-18-9-7-16-29(31)33(30-17-8-10-19-32(30)34)28-15-11-14-26(23-28)27-21-20-24-12-5-6-13-25(24)22-27;18-12-5-3-6-13(11-12)20-15-8-2-1-7-14(15)17-16(20)9-4-10-19-17/h1-30H;5-23H,1-4H3;1-11H. The van der Waals surface area contributed by atoms with Gasteiger partial charge < -0.3 is 18.4 Å². The molecule has 5 heterocycles.